The number of nitrogens with zero attached hydrogens (tertiary/aromatic N) is 2. The number of amides is 3. The summed E-state index contributed by atoms with van der Waals surface area (Å²) >= 11 is 0. The van der Waals surface area contributed by atoms with Crippen LogP contribution in [0.1, 0.15) is 15.9 Å². The fraction of sp³-hybridized carbons (Fsp3) is 0.211. The highest BCUT2D eigenvalue weighted by Crippen LogP contribution is 2.48. The predicted octanol–water partition coefficient (Wildman–Crippen LogP) is 1.13. The Bertz CT molecular complexity index is 942. The van der Waals surface area contributed by atoms with Gasteiger partial charge in [0.15, 0.2) is 0 Å². The molecule has 1 spiro atoms. The van der Waals surface area contributed by atoms with Crippen molar-refractivity contribution in [3.63, 3.8) is 0 Å². The van der Waals surface area contributed by atoms with E-state index in [-0.39, 0.29) is 24.3 Å². The number of para-hydroxylation sites is 2. The number of carbonyl (C=O) groups excluding carboxylic acids is 3. The SMILES string of the molecule is CNC(=O)CN1c2ccccc2C(=O)N(C)C12C(=O)Nc1ccccc12. The maximum atomic E-state index is 13.2. The van der Waals surface area contributed by atoms with Gasteiger partial charge in [-0.2, -0.15) is 0 Å². The minimum absolute atomic E-state index is 0.0626. The van der Waals surface area contributed by atoms with Gasteiger partial charge in [-0.25, -0.2) is 0 Å². The topological polar surface area (TPSA) is 81.8 Å². The third-order valence-corrected chi connectivity index (χ3v) is 5.05. The third kappa shape index (κ3) is 1.91. The van der Waals surface area contributed by atoms with E-state index >= 15 is 0 Å². The van der Waals surface area contributed by atoms with Crippen LogP contribution in [-0.4, -0.2) is 43.3 Å². The van der Waals surface area contributed by atoms with E-state index in [9.17, 15) is 14.4 Å². The van der Waals surface area contributed by atoms with Gasteiger partial charge < -0.3 is 20.4 Å². The van der Waals surface area contributed by atoms with Crippen molar-refractivity contribution in [2.45, 2.75) is 5.66 Å². The van der Waals surface area contributed by atoms with Gasteiger partial charge in [0.1, 0.15) is 0 Å². The Hall–Kier alpha value is -3.35. The average molecular weight is 350 g/mol. The standard InChI is InChI=1S/C19H18N4O3/c1-20-16(24)11-23-15-10-6-3-7-12(15)17(25)22(2)19(23)13-8-4-5-9-14(13)21-18(19)26/h3-10H,11H2,1-2H3,(H,20,24)(H,21,26). The van der Waals surface area contributed by atoms with E-state index in [4.69, 9.17) is 0 Å². The first kappa shape index (κ1) is 16.1. The van der Waals surface area contributed by atoms with Crippen LogP contribution in [0.25, 0.3) is 0 Å². The Labute approximate surface area is 150 Å². The molecule has 0 fully saturated rings. The van der Waals surface area contributed by atoms with E-state index in [0.29, 0.717) is 22.5 Å². The minimum Gasteiger partial charge on any atom is -0.358 e. The number of carbonyl (C=O) groups is 3. The molecular formula is C19H18N4O3. The highest BCUT2D eigenvalue weighted by molar-refractivity contribution is 6.15. The molecule has 132 valence electrons. The van der Waals surface area contributed by atoms with Crippen molar-refractivity contribution >= 4 is 29.1 Å². The Morgan fingerprint density at radius 1 is 1.12 bits per heavy atom. The summed E-state index contributed by atoms with van der Waals surface area (Å²) in [6.07, 6.45) is 0. The molecule has 2 heterocycles. The Balaban J connectivity index is 2.02. The van der Waals surface area contributed by atoms with Crippen LogP contribution >= 0.6 is 0 Å². The van der Waals surface area contributed by atoms with E-state index in [1.54, 1.807) is 49.3 Å². The molecule has 7 nitrogen and oxygen atoms in total. The van der Waals surface area contributed by atoms with Crippen molar-refractivity contribution in [1.29, 1.82) is 0 Å². The molecule has 0 saturated heterocycles. The molecule has 0 aromatic heterocycles. The highest BCUT2D eigenvalue weighted by atomic mass is 16.2. The molecule has 1 atom stereocenters. The molecule has 3 amide bonds. The monoisotopic (exact) mass is 350 g/mol. The molecule has 7 heteroatoms. The van der Waals surface area contributed by atoms with Gasteiger partial charge in [0.25, 0.3) is 11.8 Å². The van der Waals surface area contributed by atoms with Crippen molar-refractivity contribution in [1.82, 2.24) is 10.2 Å². The van der Waals surface area contributed by atoms with E-state index in [0.717, 1.165) is 0 Å². The first-order chi connectivity index (χ1) is 12.5. The molecule has 2 N–H and O–H groups in total. The summed E-state index contributed by atoms with van der Waals surface area (Å²) in [5.74, 6) is -0.868. The van der Waals surface area contributed by atoms with Crippen LogP contribution in [0.2, 0.25) is 0 Å². The quantitative estimate of drug-likeness (QED) is 0.851. The van der Waals surface area contributed by atoms with Crippen LogP contribution in [0.15, 0.2) is 48.5 Å². The lowest BCUT2D eigenvalue weighted by molar-refractivity contribution is -0.126. The van der Waals surface area contributed by atoms with Crippen molar-refractivity contribution in [3.8, 4) is 0 Å². The third-order valence-electron chi connectivity index (χ3n) is 5.05. The average Bonchev–Trinajstić information content (AvgIpc) is 2.96. The second-order valence-corrected chi connectivity index (χ2v) is 6.31. The van der Waals surface area contributed by atoms with E-state index in [1.807, 2.05) is 18.2 Å². The zero-order valence-corrected chi connectivity index (χ0v) is 14.4. The fourth-order valence-corrected chi connectivity index (χ4v) is 3.82. The molecule has 0 aliphatic carbocycles. The van der Waals surface area contributed by atoms with Crippen LogP contribution in [-0.2, 0) is 15.3 Å². The molecule has 0 radical (unpaired) electrons. The minimum atomic E-state index is -1.41. The second-order valence-electron chi connectivity index (χ2n) is 6.31. The largest absolute Gasteiger partial charge is 0.358 e. The van der Waals surface area contributed by atoms with E-state index < -0.39 is 5.66 Å². The number of likely N-dealkylation sites (N-methyl/N-ethyl adjacent to an activating group) is 2. The molecule has 26 heavy (non-hydrogen) atoms. The summed E-state index contributed by atoms with van der Waals surface area (Å²) in [6.45, 7) is -0.0626. The number of anilines is 2. The summed E-state index contributed by atoms with van der Waals surface area (Å²) in [7, 11) is 3.14. The van der Waals surface area contributed by atoms with Crippen LogP contribution in [0.5, 0.6) is 0 Å². The number of rotatable bonds is 2. The second kappa shape index (κ2) is 5.59. The summed E-state index contributed by atoms with van der Waals surface area (Å²) in [6, 6.07) is 14.3. The maximum absolute atomic E-state index is 13.2. The fourth-order valence-electron chi connectivity index (χ4n) is 3.82. The number of fused-ring (bicyclic) bond motifs is 3. The lowest BCUT2D eigenvalue weighted by atomic mass is 9.91. The van der Waals surface area contributed by atoms with Gasteiger partial charge in [-0.1, -0.05) is 30.3 Å². The van der Waals surface area contributed by atoms with Gasteiger partial charge in [0.2, 0.25) is 11.6 Å². The zero-order valence-electron chi connectivity index (χ0n) is 14.4. The Morgan fingerprint density at radius 3 is 2.58 bits per heavy atom. The van der Waals surface area contributed by atoms with E-state index in [1.165, 1.54) is 4.90 Å². The number of hydrogen-bond acceptors (Lipinski definition) is 4. The van der Waals surface area contributed by atoms with Gasteiger partial charge in [0.05, 0.1) is 17.8 Å². The molecule has 4 rings (SSSR count). The van der Waals surface area contributed by atoms with Gasteiger partial charge in [-0.15, -0.1) is 0 Å². The first-order valence-corrected chi connectivity index (χ1v) is 8.28. The highest BCUT2D eigenvalue weighted by Gasteiger charge is 2.59. The molecule has 2 aromatic rings. The van der Waals surface area contributed by atoms with Crippen molar-refractivity contribution in [3.05, 3.63) is 59.7 Å². The van der Waals surface area contributed by atoms with Crippen LogP contribution in [0.4, 0.5) is 11.4 Å². The normalized spacial score (nSPS) is 20.7. The smallest absolute Gasteiger partial charge is 0.276 e. The summed E-state index contributed by atoms with van der Waals surface area (Å²) in [5.41, 5.74) is 0.902. The summed E-state index contributed by atoms with van der Waals surface area (Å²) in [5, 5.41) is 5.45. The molecule has 2 aliphatic heterocycles. The van der Waals surface area contributed by atoms with Crippen molar-refractivity contribution < 1.29 is 14.4 Å². The van der Waals surface area contributed by atoms with Crippen molar-refractivity contribution in [2.24, 2.45) is 0 Å². The van der Waals surface area contributed by atoms with E-state index in [2.05, 4.69) is 10.6 Å². The molecule has 1 unspecified atom stereocenters. The summed E-state index contributed by atoms with van der Waals surface area (Å²) in [4.78, 5) is 41.6. The van der Waals surface area contributed by atoms with Crippen molar-refractivity contribution in [2.75, 3.05) is 30.9 Å². The molecular weight excluding hydrogens is 332 g/mol. The number of nitrogens with one attached hydrogen (secondary N) is 2. The van der Waals surface area contributed by atoms with Gasteiger partial charge >= 0.3 is 0 Å². The zero-order chi connectivity index (χ0) is 18.5. The lowest BCUT2D eigenvalue weighted by Crippen LogP contribution is -2.66. The van der Waals surface area contributed by atoms with Crippen LogP contribution < -0.4 is 15.5 Å². The molecule has 0 saturated carbocycles. The molecule has 2 aromatic carbocycles. The lowest BCUT2D eigenvalue weighted by Gasteiger charge is -2.50. The van der Waals surface area contributed by atoms with Gasteiger partial charge in [-0.05, 0) is 18.2 Å². The first-order valence-electron chi connectivity index (χ1n) is 8.28. The molecule has 2 aliphatic rings. The predicted molar refractivity (Wildman–Crippen MR) is 96.7 cm³/mol. The number of hydrogen-bond donors (Lipinski definition) is 2. The number of benzene rings is 2. The maximum Gasteiger partial charge on any atom is 0.276 e. The molecule has 0 bridgehead atoms. The Morgan fingerprint density at radius 2 is 1.81 bits per heavy atom. The van der Waals surface area contributed by atoms with Gasteiger partial charge in [0, 0.05) is 25.3 Å². The van der Waals surface area contributed by atoms with Crippen LogP contribution in [0.3, 0.4) is 0 Å². The Kier molecular flexibility index (Phi) is 3.47. The summed E-state index contributed by atoms with van der Waals surface area (Å²) < 4.78 is 0. The van der Waals surface area contributed by atoms with Crippen LogP contribution in [0, 0.1) is 0 Å². The van der Waals surface area contributed by atoms with Gasteiger partial charge in [-0.3, -0.25) is 14.4 Å².